The van der Waals surface area contributed by atoms with Gasteiger partial charge in [0.05, 0.1) is 18.4 Å². The van der Waals surface area contributed by atoms with Crippen LogP contribution in [0.1, 0.15) is 34.1 Å². The van der Waals surface area contributed by atoms with Crippen molar-refractivity contribution in [3.05, 3.63) is 47.3 Å². The number of rotatable bonds is 9. The minimum Gasteiger partial charge on any atom is -0.467 e. The van der Waals surface area contributed by atoms with Crippen molar-refractivity contribution in [1.29, 1.82) is 0 Å². The van der Waals surface area contributed by atoms with Crippen molar-refractivity contribution in [2.45, 2.75) is 26.9 Å². The molecular formula is C17H22N2O5. The first-order valence-electron chi connectivity index (χ1n) is 7.78. The summed E-state index contributed by atoms with van der Waals surface area (Å²) in [4.78, 5) is 23.6. The predicted octanol–water partition coefficient (Wildman–Crippen LogP) is 1.94. The number of carbonyl (C=O) groups excluding carboxylic acids is 2. The quantitative estimate of drug-likeness (QED) is 0.684. The Kier molecular flexibility index (Phi) is 6.62. The van der Waals surface area contributed by atoms with Crippen LogP contribution < -0.4 is 10.6 Å². The molecule has 0 unspecified atom stereocenters. The van der Waals surface area contributed by atoms with E-state index in [1.807, 2.05) is 6.07 Å². The van der Waals surface area contributed by atoms with Crippen LogP contribution >= 0.6 is 0 Å². The molecule has 0 bridgehead atoms. The molecule has 24 heavy (non-hydrogen) atoms. The summed E-state index contributed by atoms with van der Waals surface area (Å²) in [5.74, 6) is 1.41. The Morgan fingerprint density at radius 3 is 2.75 bits per heavy atom. The van der Waals surface area contributed by atoms with Gasteiger partial charge in [-0.25, -0.2) is 0 Å². The first kappa shape index (κ1) is 17.8. The Morgan fingerprint density at radius 2 is 2.08 bits per heavy atom. The van der Waals surface area contributed by atoms with Crippen LogP contribution in [0.15, 0.2) is 33.3 Å². The van der Waals surface area contributed by atoms with Crippen LogP contribution in [0.5, 0.6) is 0 Å². The predicted molar refractivity (Wildman–Crippen MR) is 86.5 cm³/mol. The van der Waals surface area contributed by atoms with Crippen molar-refractivity contribution in [2.24, 2.45) is 0 Å². The number of carbonyl (C=O) groups is 2. The van der Waals surface area contributed by atoms with Crippen LogP contribution in [0.2, 0.25) is 0 Å². The van der Waals surface area contributed by atoms with E-state index in [0.29, 0.717) is 43.3 Å². The summed E-state index contributed by atoms with van der Waals surface area (Å²) in [6.07, 6.45) is 2.28. The largest absolute Gasteiger partial charge is 0.467 e. The zero-order valence-corrected chi connectivity index (χ0v) is 13.9. The van der Waals surface area contributed by atoms with Gasteiger partial charge in [0, 0.05) is 13.2 Å². The third-order valence-electron chi connectivity index (χ3n) is 3.31. The molecule has 0 saturated heterocycles. The number of hydrogen-bond donors (Lipinski definition) is 2. The van der Waals surface area contributed by atoms with Gasteiger partial charge in [-0.05, 0) is 38.5 Å². The number of furan rings is 2. The fraction of sp³-hybridized carbons (Fsp3) is 0.412. The molecule has 2 amide bonds. The molecule has 2 heterocycles. The second-order valence-electron chi connectivity index (χ2n) is 5.35. The normalized spacial score (nSPS) is 10.6. The lowest BCUT2D eigenvalue weighted by atomic mass is 10.2. The topological polar surface area (TPSA) is 93.7 Å². The third kappa shape index (κ3) is 5.58. The standard InChI is InChI=1S/C17H22N2O5/c1-12-9-15(13(2)24-12)17(21)19-10-16(20)18-6-4-7-22-11-14-5-3-8-23-14/h3,5,8-9H,4,6-7,10-11H2,1-2H3,(H,18,20)(H,19,21). The lowest BCUT2D eigenvalue weighted by Gasteiger charge is -2.07. The second kappa shape index (κ2) is 8.93. The first-order valence-corrected chi connectivity index (χ1v) is 7.78. The smallest absolute Gasteiger partial charge is 0.255 e. The Labute approximate surface area is 140 Å². The molecule has 0 radical (unpaired) electrons. The van der Waals surface area contributed by atoms with E-state index in [1.54, 1.807) is 32.2 Å². The van der Waals surface area contributed by atoms with Gasteiger partial charge in [0.1, 0.15) is 23.9 Å². The van der Waals surface area contributed by atoms with Crippen LogP contribution in [-0.4, -0.2) is 31.5 Å². The molecule has 7 nitrogen and oxygen atoms in total. The van der Waals surface area contributed by atoms with Crippen molar-refractivity contribution in [3.8, 4) is 0 Å². The van der Waals surface area contributed by atoms with Crippen LogP contribution in [0.25, 0.3) is 0 Å². The summed E-state index contributed by atoms with van der Waals surface area (Å²) in [5.41, 5.74) is 0.451. The van der Waals surface area contributed by atoms with Gasteiger partial charge in [-0.1, -0.05) is 0 Å². The molecule has 2 rings (SSSR count). The number of amides is 2. The lowest BCUT2D eigenvalue weighted by molar-refractivity contribution is -0.120. The van der Waals surface area contributed by atoms with E-state index in [2.05, 4.69) is 10.6 Å². The molecule has 130 valence electrons. The van der Waals surface area contributed by atoms with Crippen molar-refractivity contribution >= 4 is 11.8 Å². The number of nitrogens with one attached hydrogen (secondary N) is 2. The van der Waals surface area contributed by atoms with Gasteiger partial charge in [0.15, 0.2) is 0 Å². The fourth-order valence-electron chi connectivity index (χ4n) is 2.14. The molecule has 0 saturated carbocycles. The fourth-order valence-corrected chi connectivity index (χ4v) is 2.14. The van der Waals surface area contributed by atoms with Gasteiger partial charge in [0.25, 0.3) is 5.91 Å². The number of hydrogen-bond acceptors (Lipinski definition) is 5. The van der Waals surface area contributed by atoms with Crippen LogP contribution in [-0.2, 0) is 16.1 Å². The van der Waals surface area contributed by atoms with Gasteiger partial charge in [-0.15, -0.1) is 0 Å². The SMILES string of the molecule is Cc1cc(C(=O)NCC(=O)NCCCOCc2ccco2)c(C)o1. The lowest BCUT2D eigenvalue weighted by Crippen LogP contribution is -2.37. The summed E-state index contributed by atoms with van der Waals surface area (Å²) in [6, 6.07) is 5.30. The second-order valence-corrected chi connectivity index (χ2v) is 5.35. The van der Waals surface area contributed by atoms with E-state index in [9.17, 15) is 9.59 Å². The molecule has 0 aromatic carbocycles. The van der Waals surface area contributed by atoms with E-state index in [0.717, 1.165) is 5.76 Å². The maximum atomic E-state index is 11.9. The zero-order chi connectivity index (χ0) is 17.4. The summed E-state index contributed by atoms with van der Waals surface area (Å²) < 4.78 is 15.8. The molecule has 0 aliphatic heterocycles. The van der Waals surface area contributed by atoms with Gasteiger partial charge in [-0.2, -0.15) is 0 Å². The van der Waals surface area contributed by atoms with Crippen LogP contribution in [0, 0.1) is 13.8 Å². The minimum atomic E-state index is -0.318. The number of ether oxygens (including phenoxy) is 1. The Hall–Kier alpha value is -2.54. The monoisotopic (exact) mass is 334 g/mol. The highest BCUT2D eigenvalue weighted by Crippen LogP contribution is 2.13. The van der Waals surface area contributed by atoms with Crippen molar-refractivity contribution in [1.82, 2.24) is 10.6 Å². The average Bonchev–Trinajstić information content (AvgIpc) is 3.17. The van der Waals surface area contributed by atoms with Crippen LogP contribution in [0.3, 0.4) is 0 Å². The molecule has 2 N–H and O–H groups in total. The summed E-state index contributed by atoms with van der Waals surface area (Å²) in [6.45, 7) is 4.82. The van der Waals surface area contributed by atoms with Gasteiger partial charge in [0.2, 0.25) is 5.91 Å². The summed E-state index contributed by atoms with van der Waals surface area (Å²) in [7, 11) is 0. The molecule has 0 aliphatic carbocycles. The van der Waals surface area contributed by atoms with Gasteiger partial charge >= 0.3 is 0 Å². The van der Waals surface area contributed by atoms with Gasteiger partial charge < -0.3 is 24.2 Å². The molecule has 0 fully saturated rings. The molecule has 0 aliphatic rings. The summed E-state index contributed by atoms with van der Waals surface area (Å²) in [5, 5.41) is 5.29. The van der Waals surface area contributed by atoms with E-state index in [4.69, 9.17) is 13.6 Å². The molecule has 7 heteroatoms. The third-order valence-corrected chi connectivity index (χ3v) is 3.31. The summed E-state index contributed by atoms with van der Waals surface area (Å²) >= 11 is 0. The van der Waals surface area contributed by atoms with E-state index >= 15 is 0 Å². The van der Waals surface area contributed by atoms with Crippen molar-refractivity contribution in [2.75, 3.05) is 19.7 Å². The average molecular weight is 334 g/mol. The van der Waals surface area contributed by atoms with Crippen molar-refractivity contribution in [3.63, 3.8) is 0 Å². The molecule has 2 aromatic heterocycles. The maximum absolute atomic E-state index is 11.9. The minimum absolute atomic E-state index is 0.0737. The Morgan fingerprint density at radius 1 is 1.25 bits per heavy atom. The Balaban J connectivity index is 1.55. The molecular weight excluding hydrogens is 312 g/mol. The van der Waals surface area contributed by atoms with E-state index in [-0.39, 0.29) is 18.4 Å². The van der Waals surface area contributed by atoms with E-state index < -0.39 is 0 Å². The zero-order valence-electron chi connectivity index (χ0n) is 13.9. The highest BCUT2D eigenvalue weighted by atomic mass is 16.5. The van der Waals surface area contributed by atoms with E-state index in [1.165, 1.54) is 0 Å². The van der Waals surface area contributed by atoms with Crippen molar-refractivity contribution < 1.29 is 23.2 Å². The number of aryl methyl sites for hydroxylation is 2. The van der Waals surface area contributed by atoms with Crippen LogP contribution in [0.4, 0.5) is 0 Å². The maximum Gasteiger partial charge on any atom is 0.255 e. The molecule has 0 atom stereocenters. The molecule has 2 aromatic rings. The Bertz CT molecular complexity index is 661. The highest BCUT2D eigenvalue weighted by Gasteiger charge is 2.14. The first-order chi connectivity index (χ1) is 11.6. The molecule has 0 spiro atoms. The highest BCUT2D eigenvalue weighted by molar-refractivity contribution is 5.97. The van der Waals surface area contributed by atoms with Gasteiger partial charge in [-0.3, -0.25) is 9.59 Å².